The zero-order valence-corrected chi connectivity index (χ0v) is 9.91. The van der Waals surface area contributed by atoms with E-state index in [0.717, 1.165) is 31.7 Å². The molecule has 0 radical (unpaired) electrons. The second-order valence-electron chi connectivity index (χ2n) is 3.19. The Hall–Kier alpha value is -0.420. The SMILES string of the molecule is CCN[C@@H](CCCNC(=N)N)CSC. The van der Waals surface area contributed by atoms with Gasteiger partial charge in [0.2, 0.25) is 0 Å². The third-order valence-corrected chi connectivity index (χ3v) is 2.64. The molecule has 0 aromatic heterocycles. The molecule has 0 unspecified atom stereocenters. The molecular formula is C9H22N4S. The van der Waals surface area contributed by atoms with Crippen LogP contribution in [-0.2, 0) is 0 Å². The van der Waals surface area contributed by atoms with Crippen molar-refractivity contribution in [3.63, 3.8) is 0 Å². The van der Waals surface area contributed by atoms with E-state index in [0.29, 0.717) is 6.04 Å². The lowest BCUT2D eigenvalue weighted by Crippen LogP contribution is -2.34. The molecule has 5 N–H and O–H groups in total. The highest BCUT2D eigenvalue weighted by molar-refractivity contribution is 7.98. The van der Waals surface area contributed by atoms with Crippen LogP contribution in [0.15, 0.2) is 0 Å². The van der Waals surface area contributed by atoms with Crippen molar-refractivity contribution in [2.24, 2.45) is 5.73 Å². The Balaban J connectivity index is 3.44. The van der Waals surface area contributed by atoms with Crippen LogP contribution in [0.3, 0.4) is 0 Å². The molecule has 1 atom stereocenters. The number of hydrogen-bond acceptors (Lipinski definition) is 3. The van der Waals surface area contributed by atoms with E-state index in [4.69, 9.17) is 11.1 Å². The summed E-state index contributed by atoms with van der Waals surface area (Å²) in [6, 6.07) is 0.587. The molecule has 0 aromatic carbocycles. The van der Waals surface area contributed by atoms with E-state index in [-0.39, 0.29) is 5.96 Å². The molecule has 0 aliphatic carbocycles. The van der Waals surface area contributed by atoms with Gasteiger partial charge in [-0.15, -0.1) is 0 Å². The molecule has 0 amide bonds. The van der Waals surface area contributed by atoms with Gasteiger partial charge in [-0.1, -0.05) is 6.92 Å². The van der Waals surface area contributed by atoms with E-state index >= 15 is 0 Å². The number of hydrogen-bond donors (Lipinski definition) is 4. The fourth-order valence-electron chi connectivity index (χ4n) is 1.31. The molecule has 0 aliphatic rings. The zero-order valence-electron chi connectivity index (χ0n) is 9.10. The van der Waals surface area contributed by atoms with Gasteiger partial charge in [0.05, 0.1) is 0 Å². The maximum Gasteiger partial charge on any atom is 0.185 e. The highest BCUT2D eigenvalue weighted by Crippen LogP contribution is 2.03. The minimum atomic E-state index is 0.0647. The average Bonchev–Trinajstić information content (AvgIpc) is 2.12. The van der Waals surface area contributed by atoms with Gasteiger partial charge in [-0.25, -0.2) is 0 Å². The van der Waals surface area contributed by atoms with Gasteiger partial charge in [0.15, 0.2) is 5.96 Å². The number of nitrogens with two attached hydrogens (primary N) is 1. The highest BCUT2D eigenvalue weighted by Gasteiger charge is 2.05. The monoisotopic (exact) mass is 218 g/mol. The van der Waals surface area contributed by atoms with Crippen LogP contribution in [0.4, 0.5) is 0 Å². The van der Waals surface area contributed by atoms with Crippen LogP contribution in [0, 0.1) is 5.41 Å². The van der Waals surface area contributed by atoms with E-state index in [1.807, 2.05) is 11.8 Å². The second kappa shape index (κ2) is 9.15. The van der Waals surface area contributed by atoms with Crippen LogP contribution >= 0.6 is 11.8 Å². The van der Waals surface area contributed by atoms with Gasteiger partial charge in [0.25, 0.3) is 0 Å². The number of guanidine groups is 1. The maximum absolute atomic E-state index is 6.99. The normalized spacial score (nSPS) is 12.4. The molecule has 84 valence electrons. The fourth-order valence-corrected chi connectivity index (χ4v) is 1.99. The Morgan fingerprint density at radius 1 is 1.57 bits per heavy atom. The van der Waals surface area contributed by atoms with Crippen molar-refractivity contribution in [3.05, 3.63) is 0 Å². The van der Waals surface area contributed by atoms with E-state index in [9.17, 15) is 0 Å². The van der Waals surface area contributed by atoms with Crippen molar-refractivity contribution in [3.8, 4) is 0 Å². The Labute approximate surface area is 90.9 Å². The summed E-state index contributed by atoms with van der Waals surface area (Å²) in [5.74, 6) is 1.21. The average molecular weight is 218 g/mol. The first kappa shape index (κ1) is 13.6. The summed E-state index contributed by atoms with van der Waals surface area (Å²) in [6.07, 6.45) is 4.31. The summed E-state index contributed by atoms with van der Waals surface area (Å²) >= 11 is 1.86. The van der Waals surface area contributed by atoms with E-state index in [2.05, 4.69) is 23.8 Å². The van der Waals surface area contributed by atoms with Gasteiger partial charge < -0.3 is 16.4 Å². The Morgan fingerprint density at radius 2 is 2.29 bits per heavy atom. The summed E-state index contributed by atoms with van der Waals surface area (Å²) in [4.78, 5) is 0. The predicted molar refractivity (Wildman–Crippen MR) is 65.0 cm³/mol. The highest BCUT2D eigenvalue weighted by atomic mass is 32.2. The Kier molecular flexibility index (Phi) is 8.87. The molecule has 0 aromatic rings. The van der Waals surface area contributed by atoms with Crippen molar-refractivity contribution in [2.75, 3.05) is 25.1 Å². The molecule has 0 spiro atoms. The summed E-state index contributed by atoms with van der Waals surface area (Å²) in [5, 5.41) is 13.2. The maximum atomic E-state index is 6.99. The van der Waals surface area contributed by atoms with Gasteiger partial charge in [0.1, 0.15) is 0 Å². The molecular weight excluding hydrogens is 196 g/mol. The van der Waals surface area contributed by atoms with E-state index in [1.165, 1.54) is 0 Å². The third-order valence-electron chi connectivity index (χ3n) is 1.91. The molecule has 4 nitrogen and oxygen atoms in total. The summed E-state index contributed by atoms with van der Waals surface area (Å²) in [5.41, 5.74) is 5.18. The van der Waals surface area contributed by atoms with Crippen LogP contribution < -0.4 is 16.4 Å². The Morgan fingerprint density at radius 3 is 2.79 bits per heavy atom. The molecule has 0 heterocycles. The molecule has 0 aliphatic heterocycles. The molecule has 14 heavy (non-hydrogen) atoms. The fraction of sp³-hybridized carbons (Fsp3) is 0.889. The van der Waals surface area contributed by atoms with Crippen LogP contribution in [-0.4, -0.2) is 37.1 Å². The minimum Gasteiger partial charge on any atom is -0.370 e. The molecule has 0 saturated heterocycles. The van der Waals surface area contributed by atoms with Gasteiger partial charge in [-0.3, -0.25) is 5.41 Å². The lowest BCUT2D eigenvalue weighted by Gasteiger charge is -2.16. The van der Waals surface area contributed by atoms with Gasteiger partial charge in [0, 0.05) is 18.3 Å². The smallest absolute Gasteiger partial charge is 0.185 e. The number of rotatable bonds is 8. The molecule has 0 saturated carbocycles. The third kappa shape index (κ3) is 8.19. The molecule has 0 fully saturated rings. The summed E-state index contributed by atoms with van der Waals surface area (Å²) in [6.45, 7) is 3.94. The summed E-state index contributed by atoms with van der Waals surface area (Å²) in [7, 11) is 0. The van der Waals surface area contributed by atoms with Gasteiger partial charge >= 0.3 is 0 Å². The standard InChI is InChI=1S/C9H22N4S/c1-3-12-8(7-14-2)5-4-6-13-9(10)11/h8,12H,3-7H2,1-2H3,(H4,10,11,13)/t8-/m0/s1. The molecule has 0 bridgehead atoms. The zero-order chi connectivity index (χ0) is 10.8. The molecule has 0 rings (SSSR count). The van der Waals surface area contributed by atoms with E-state index in [1.54, 1.807) is 0 Å². The van der Waals surface area contributed by atoms with Gasteiger partial charge in [-0.2, -0.15) is 11.8 Å². The summed E-state index contributed by atoms with van der Waals surface area (Å²) < 4.78 is 0. The van der Waals surface area contributed by atoms with Crippen LogP contribution in [0.5, 0.6) is 0 Å². The van der Waals surface area contributed by atoms with Gasteiger partial charge in [-0.05, 0) is 25.6 Å². The quantitative estimate of drug-likeness (QED) is 0.273. The Bertz CT molecular complexity index is 146. The minimum absolute atomic E-state index is 0.0647. The lowest BCUT2D eigenvalue weighted by atomic mass is 10.2. The van der Waals surface area contributed by atoms with Crippen LogP contribution in [0.25, 0.3) is 0 Å². The van der Waals surface area contributed by atoms with Crippen molar-refractivity contribution in [1.29, 1.82) is 5.41 Å². The number of thioether (sulfide) groups is 1. The second-order valence-corrected chi connectivity index (χ2v) is 4.10. The first-order valence-electron chi connectivity index (χ1n) is 5.00. The largest absolute Gasteiger partial charge is 0.370 e. The van der Waals surface area contributed by atoms with Crippen LogP contribution in [0.2, 0.25) is 0 Å². The van der Waals surface area contributed by atoms with Crippen LogP contribution in [0.1, 0.15) is 19.8 Å². The van der Waals surface area contributed by atoms with E-state index < -0.39 is 0 Å². The topological polar surface area (TPSA) is 73.9 Å². The first-order chi connectivity index (χ1) is 6.70. The van der Waals surface area contributed by atoms with Crippen molar-refractivity contribution in [2.45, 2.75) is 25.8 Å². The van der Waals surface area contributed by atoms with Crippen molar-refractivity contribution < 1.29 is 0 Å². The lowest BCUT2D eigenvalue weighted by molar-refractivity contribution is 0.517. The van der Waals surface area contributed by atoms with Crippen molar-refractivity contribution in [1.82, 2.24) is 10.6 Å². The number of nitrogens with one attached hydrogen (secondary N) is 3. The van der Waals surface area contributed by atoms with Crippen molar-refractivity contribution >= 4 is 17.7 Å². The predicted octanol–water partition coefficient (Wildman–Crippen LogP) is 0.591. The molecule has 5 heteroatoms. The first-order valence-corrected chi connectivity index (χ1v) is 6.40.